The predicted molar refractivity (Wildman–Crippen MR) is 52.0 cm³/mol. The fourth-order valence-corrected chi connectivity index (χ4v) is 1.02. The van der Waals surface area contributed by atoms with Crippen molar-refractivity contribution in [1.82, 2.24) is 15.4 Å². The number of rotatable bonds is 5. The van der Waals surface area contributed by atoms with Crippen LogP contribution in [0.5, 0.6) is 0 Å². The van der Waals surface area contributed by atoms with Crippen molar-refractivity contribution in [2.75, 3.05) is 27.2 Å². The number of aromatic nitrogens is 1. The summed E-state index contributed by atoms with van der Waals surface area (Å²) >= 11 is 0. The van der Waals surface area contributed by atoms with Crippen LogP contribution in [0.3, 0.4) is 0 Å². The van der Waals surface area contributed by atoms with Crippen molar-refractivity contribution in [2.24, 2.45) is 0 Å². The van der Waals surface area contributed by atoms with Crippen molar-refractivity contribution in [3.63, 3.8) is 0 Å². The Labute approximate surface area is 83.1 Å². The second-order valence-corrected chi connectivity index (χ2v) is 3.30. The second kappa shape index (κ2) is 5.39. The van der Waals surface area contributed by atoms with Crippen LogP contribution in [0.25, 0.3) is 0 Å². The molecule has 78 valence electrons. The topological polar surface area (TPSA) is 58.4 Å². The minimum atomic E-state index is -0.183. The highest BCUT2D eigenvalue weighted by Gasteiger charge is 2.06. The molecule has 1 aromatic heterocycles. The maximum atomic E-state index is 11.3. The molecular weight excluding hydrogens is 182 g/mol. The quantitative estimate of drug-likeness (QED) is 0.692. The van der Waals surface area contributed by atoms with E-state index in [0.717, 1.165) is 13.0 Å². The zero-order chi connectivity index (χ0) is 10.4. The van der Waals surface area contributed by atoms with Gasteiger partial charge in [0.25, 0.3) is 5.91 Å². The van der Waals surface area contributed by atoms with Gasteiger partial charge in [0.05, 0.1) is 0 Å². The lowest BCUT2D eigenvalue weighted by Crippen LogP contribution is -2.27. The van der Waals surface area contributed by atoms with Gasteiger partial charge in [-0.2, -0.15) is 0 Å². The predicted octanol–water partition coefficient (Wildman–Crippen LogP) is 0.356. The Morgan fingerprint density at radius 1 is 1.64 bits per heavy atom. The van der Waals surface area contributed by atoms with Crippen molar-refractivity contribution in [1.29, 1.82) is 0 Å². The molecule has 0 aromatic carbocycles. The standard InChI is InChI=1S/C9H15N3O2/c1-12(2)6-3-5-10-9(13)8-4-7-14-11-8/h4,7H,3,5-6H2,1-2H3,(H,10,13). The van der Waals surface area contributed by atoms with E-state index >= 15 is 0 Å². The number of hydrogen-bond acceptors (Lipinski definition) is 4. The largest absolute Gasteiger partial charge is 0.364 e. The van der Waals surface area contributed by atoms with Crippen LogP contribution in [0, 0.1) is 0 Å². The third-order valence-electron chi connectivity index (χ3n) is 1.74. The molecule has 14 heavy (non-hydrogen) atoms. The number of nitrogens with one attached hydrogen (secondary N) is 1. The van der Waals surface area contributed by atoms with Crippen LogP contribution in [0.2, 0.25) is 0 Å². The van der Waals surface area contributed by atoms with Crippen LogP contribution >= 0.6 is 0 Å². The molecule has 1 heterocycles. The number of nitrogens with zero attached hydrogens (tertiary/aromatic N) is 2. The number of hydrogen-bond donors (Lipinski definition) is 1. The van der Waals surface area contributed by atoms with E-state index in [2.05, 4.69) is 19.9 Å². The molecule has 0 spiro atoms. The number of carbonyl (C=O) groups is 1. The Hall–Kier alpha value is -1.36. The molecule has 0 saturated heterocycles. The first-order valence-corrected chi connectivity index (χ1v) is 4.53. The highest BCUT2D eigenvalue weighted by molar-refractivity contribution is 5.91. The highest BCUT2D eigenvalue weighted by atomic mass is 16.5. The molecule has 0 saturated carbocycles. The highest BCUT2D eigenvalue weighted by Crippen LogP contribution is 1.93. The average Bonchev–Trinajstić information content (AvgIpc) is 2.64. The normalized spacial score (nSPS) is 10.5. The molecule has 0 aliphatic rings. The lowest BCUT2D eigenvalue weighted by Gasteiger charge is -2.08. The molecule has 0 aliphatic carbocycles. The van der Waals surface area contributed by atoms with E-state index in [-0.39, 0.29) is 5.91 Å². The van der Waals surface area contributed by atoms with Gasteiger partial charge in [-0.05, 0) is 27.1 Å². The molecule has 0 fully saturated rings. The fraction of sp³-hybridized carbons (Fsp3) is 0.556. The molecule has 0 aliphatic heterocycles. The molecule has 1 rings (SSSR count). The Morgan fingerprint density at radius 3 is 3.00 bits per heavy atom. The lowest BCUT2D eigenvalue weighted by atomic mass is 10.3. The van der Waals surface area contributed by atoms with Gasteiger partial charge in [0, 0.05) is 12.6 Å². The van der Waals surface area contributed by atoms with Crippen molar-refractivity contribution >= 4 is 5.91 Å². The SMILES string of the molecule is CN(C)CCCNC(=O)c1ccon1. The summed E-state index contributed by atoms with van der Waals surface area (Å²) in [7, 11) is 4.00. The summed E-state index contributed by atoms with van der Waals surface area (Å²) in [6, 6.07) is 1.54. The summed E-state index contributed by atoms with van der Waals surface area (Å²) in [6.45, 7) is 1.61. The van der Waals surface area contributed by atoms with Gasteiger partial charge in [-0.25, -0.2) is 0 Å². The van der Waals surface area contributed by atoms with E-state index < -0.39 is 0 Å². The molecular formula is C9H15N3O2. The van der Waals surface area contributed by atoms with Crippen LogP contribution in [0.4, 0.5) is 0 Å². The first-order valence-electron chi connectivity index (χ1n) is 4.53. The Morgan fingerprint density at radius 2 is 2.43 bits per heavy atom. The minimum absolute atomic E-state index is 0.183. The van der Waals surface area contributed by atoms with E-state index in [1.54, 1.807) is 6.07 Å². The third-order valence-corrected chi connectivity index (χ3v) is 1.74. The first kappa shape index (κ1) is 10.7. The molecule has 0 radical (unpaired) electrons. The van der Waals surface area contributed by atoms with E-state index in [1.165, 1.54) is 6.26 Å². The summed E-state index contributed by atoms with van der Waals surface area (Å²) in [4.78, 5) is 13.4. The van der Waals surface area contributed by atoms with Crippen LogP contribution < -0.4 is 5.32 Å². The Balaban J connectivity index is 2.16. The zero-order valence-electron chi connectivity index (χ0n) is 8.49. The Bertz CT molecular complexity index is 270. The molecule has 0 unspecified atom stereocenters. The molecule has 1 aromatic rings. The van der Waals surface area contributed by atoms with Gasteiger partial charge in [0.15, 0.2) is 5.69 Å². The summed E-state index contributed by atoms with van der Waals surface area (Å²) in [6.07, 6.45) is 2.31. The number of carbonyl (C=O) groups excluding carboxylic acids is 1. The average molecular weight is 197 g/mol. The van der Waals surface area contributed by atoms with E-state index in [1.807, 2.05) is 14.1 Å². The summed E-state index contributed by atoms with van der Waals surface area (Å²) < 4.78 is 4.56. The van der Waals surface area contributed by atoms with Crippen molar-refractivity contribution < 1.29 is 9.32 Å². The number of amides is 1. The maximum Gasteiger partial charge on any atom is 0.273 e. The van der Waals surface area contributed by atoms with Gasteiger partial charge in [-0.3, -0.25) is 4.79 Å². The zero-order valence-corrected chi connectivity index (χ0v) is 8.49. The van der Waals surface area contributed by atoms with Gasteiger partial charge in [-0.1, -0.05) is 5.16 Å². The van der Waals surface area contributed by atoms with Gasteiger partial charge in [0.1, 0.15) is 6.26 Å². The first-order chi connectivity index (χ1) is 6.70. The van der Waals surface area contributed by atoms with Gasteiger partial charge >= 0.3 is 0 Å². The molecule has 1 amide bonds. The van der Waals surface area contributed by atoms with Gasteiger partial charge in [-0.15, -0.1) is 0 Å². The Kier molecular flexibility index (Phi) is 4.12. The van der Waals surface area contributed by atoms with Crippen LogP contribution in [0.15, 0.2) is 16.9 Å². The summed E-state index contributed by atoms with van der Waals surface area (Å²) in [5.74, 6) is -0.183. The molecule has 5 nitrogen and oxygen atoms in total. The van der Waals surface area contributed by atoms with Crippen molar-refractivity contribution in [3.05, 3.63) is 18.0 Å². The van der Waals surface area contributed by atoms with Gasteiger partial charge in [0.2, 0.25) is 0 Å². The van der Waals surface area contributed by atoms with Gasteiger partial charge < -0.3 is 14.7 Å². The lowest BCUT2D eigenvalue weighted by molar-refractivity contribution is 0.0943. The molecule has 0 atom stereocenters. The molecule has 1 N–H and O–H groups in total. The maximum absolute atomic E-state index is 11.3. The summed E-state index contributed by atoms with van der Waals surface area (Å²) in [5, 5.41) is 6.28. The molecule has 5 heteroatoms. The minimum Gasteiger partial charge on any atom is -0.364 e. The van der Waals surface area contributed by atoms with E-state index in [9.17, 15) is 4.79 Å². The van der Waals surface area contributed by atoms with Crippen molar-refractivity contribution in [2.45, 2.75) is 6.42 Å². The molecule has 0 bridgehead atoms. The monoisotopic (exact) mass is 197 g/mol. The fourth-order valence-electron chi connectivity index (χ4n) is 1.02. The van der Waals surface area contributed by atoms with E-state index in [0.29, 0.717) is 12.2 Å². The van der Waals surface area contributed by atoms with Crippen LogP contribution in [-0.4, -0.2) is 43.1 Å². The van der Waals surface area contributed by atoms with Crippen molar-refractivity contribution in [3.8, 4) is 0 Å². The smallest absolute Gasteiger partial charge is 0.273 e. The van der Waals surface area contributed by atoms with E-state index in [4.69, 9.17) is 0 Å². The summed E-state index contributed by atoms with van der Waals surface area (Å²) in [5.41, 5.74) is 0.329. The third kappa shape index (κ3) is 3.57. The van der Waals surface area contributed by atoms with Crippen LogP contribution in [0.1, 0.15) is 16.9 Å². The van der Waals surface area contributed by atoms with Crippen LogP contribution in [-0.2, 0) is 0 Å². The second-order valence-electron chi connectivity index (χ2n) is 3.30.